The zero-order valence-electron chi connectivity index (χ0n) is 18.5. The highest BCUT2D eigenvalue weighted by Crippen LogP contribution is 2.31. The lowest BCUT2D eigenvalue weighted by Crippen LogP contribution is -2.59. The number of nitrogens with one attached hydrogen (secondary N) is 3. The van der Waals surface area contributed by atoms with Crippen molar-refractivity contribution in [3.8, 4) is 0 Å². The van der Waals surface area contributed by atoms with Gasteiger partial charge in [-0.2, -0.15) is 0 Å². The third-order valence-corrected chi connectivity index (χ3v) is 7.32. The minimum Gasteiger partial charge on any atom is -0.381 e. The van der Waals surface area contributed by atoms with E-state index in [0.29, 0.717) is 12.1 Å². The average molecular weight is 533 g/mol. The van der Waals surface area contributed by atoms with Crippen LogP contribution < -0.4 is 16.0 Å². The van der Waals surface area contributed by atoms with Gasteiger partial charge in [-0.1, -0.05) is 6.42 Å². The molecule has 0 radical (unpaired) electrons. The number of likely N-dealkylation sites (tertiary alicyclic amines) is 1. The minimum absolute atomic E-state index is 0. The molecule has 0 spiro atoms. The molecule has 4 fully saturated rings. The monoisotopic (exact) mass is 533 g/mol. The van der Waals surface area contributed by atoms with E-state index in [4.69, 9.17) is 4.74 Å². The van der Waals surface area contributed by atoms with Crippen molar-refractivity contribution in [2.45, 2.75) is 81.8 Å². The summed E-state index contributed by atoms with van der Waals surface area (Å²) in [7, 11) is 1.85. The van der Waals surface area contributed by atoms with Crippen molar-refractivity contribution < 1.29 is 9.53 Å². The van der Waals surface area contributed by atoms with Crippen molar-refractivity contribution in [2.24, 2.45) is 10.9 Å². The van der Waals surface area contributed by atoms with Crippen LogP contribution in [-0.2, 0) is 9.53 Å². The second-order valence-electron chi connectivity index (χ2n) is 9.44. The van der Waals surface area contributed by atoms with Gasteiger partial charge < -0.3 is 20.7 Å². The summed E-state index contributed by atoms with van der Waals surface area (Å²) in [5.74, 6) is 1.28. The van der Waals surface area contributed by atoms with Crippen molar-refractivity contribution >= 4 is 35.8 Å². The predicted octanol–water partition coefficient (Wildman–Crippen LogP) is 2.25. The smallest absolute Gasteiger partial charge is 0.223 e. The molecular weight excluding hydrogens is 493 g/mol. The number of ether oxygens (including phenoxy) is 1. The van der Waals surface area contributed by atoms with Crippen LogP contribution in [0.1, 0.15) is 64.2 Å². The van der Waals surface area contributed by atoms with Gasteiger partial charge in [0.25, 0.3) is 0 Å². The molecule has 0 aromatic heterocycles. The Balaban J connectivity index is 0.00000256. The minimum atomic E-state index is 0. The Morgan fingerprint density at radius 2 is 1.77 bits per heavy atom. The van der Waals surface area contributed by atoms with Crippen LogP contribution in [0.5, 0.6) is 0 Å². The van der Waals surface area contributed by atoms with E-state index in [-0.39, 0.29) is 41.3 Å². The third kappa shape index (κ3) is 6.22. The number of nitrogens with zero attached hydrogens (tertiary/aromatic N) is 2. The highest BCUT2D eigenvalue weighted by Gasteiger charge is 2.40. The van der Waals surface area contributed by atoms with E-state index in [0.717, 1.165) is 77.1 Å². The fourth-order valence-corrected chi connectivity index (χ4v) is 5.29. The van der Waals surface area contributed by atoms with E-state index >= 15 is 0 Å². The largest absolute Gasteiger partial charge is 0.381 e. The first-order chi connectivity index (χ1) is 14.2. The zero-order chi connectivity index (χ0) is 20.1. The summed E-state index contributed by atoms with van der Waals surface area (Å²) in [6.45, 7) is 5.02. The fourth-order valence-electron chi connectivity index (χ4n) is 5.29. The Morgan fingerprint density at radius 1 is 1.03 bits per heavy atom. The summed E-state index contributed by atoms with van der Waals surface area (Å²) < 4.78 is 5.67. The summed E-state index contributed by atoms with van der Waals surface area (Å²) >= 11 is 0. The first kappa shape index (κ1) is 24.0. The van der Waals surface area contributed by atoms with Crippen molar-refractivity contribution in [3.63, 3.8) is 0 Å². The summed E-state index contributed by atoms with van der Waals surface area (Å²) in [5.41, 5.74) is 0.186. The molecule has 8 heteroatoms. The Kier molecular flexibility index (Phi) is 9.07. The average Bonchev–Trinajstić information content (AvgIpc) is 3.39. The lowest BCUT2D eigenvalue weighted by Gasteiger charge is -2.45. The molecule has 2 saturated carbocycles. The van der Waals surface area contributed by atoms with Gasteiger partial charge in [-0.25, -0.2) is 0 Å². The molecule has 7 nitrogen and oxygen atoms in total. The number of aliphatic imine (C=N–C) groups is 1. The van der Waals surface area contributed by atoms with Crippen LogP contribution in [0.3, 0.4) is 0 Å². The number of guanidine groups is 1. The maximum atomic E-state index is 12.5. The van der Waals surface area contributed by atoms with Crippen molar-refractivity contribution in [2.75, 3.05) is 39.9 Å². The van der Waals surface area contributed by atoms with Crippen LogP contribution >= 0.6 is 24.0 Å². The van der Waals surface area contributed by atoms with Crippen LogP contribution in [0.4, 0.5) is 0 Å². The topological polar surface area (TPSA) is 78.0 Å². The van der Waals surface area contributed by atoms with Crippen LogP contribution in [0.2, 0.25) is 0 Å². The number of rotatable bonds is 6. The van der Waals surface area contributed by atoms with Crippen molar-refractivity contribution in [1.82, 2.24) is 20.9 Å². The molecule has 4 aliphatic rings. The molecule has 3 N–H and O–H groups in total. The van der Waals surface area contributed by atoms with Gasteiger partial charge in [0.1, 0.15) is 0 Å². The molecule has 1 amide bonds. The van der Waals surface area contributed by atoms with Gasteiger partial charge in [0.2, 0.25) is 5.91 Å². The number of carbonyl (C=O) groups excluding carboxylic acids is 1. The Bertz CT molecular complexity index is 586. The molecule has 2 aliphatic heterocycles. The van der Waals surface area contributed by atoms with Crippen LogP contribution in [0.15, 0.2) is 4.99 Å². The SMILES string of the molecule is CN=C(NCC1(N2CCCC2)CCOCC1)NC1CCCC(C(=O)NC2CC2)C1.I. The Morgan fingerprint density at radius 3 is 2.43 bits per heavy atom. The summed E-state index contributed by atoms with van der Waals surface area (Å²) in [6, 6.07) is 0.772. The highest BCUT2D eigenvalue weighted by molar-refractivity contribution is 14.0. The van der Waals surface area contributed by atoms with E-state index in [1.807, 2.05) is 7.05 Å². The summed E-state index contributed by atoms with van der Waals surface area (Å²) in [5, 5.41) is 10.4. The molecule has 0 aromatic carbocycles. The molecule has 2 unspecified atom stereocenters. The molecule has 172 valence electrons. The van der Waals surface area contributed by atoms with Gasteiger partial charge >= 0.3 is 0 Å². The van der Waals surface area contributed by atoms with E-state index in [9.17, 15) is 4.79 Å². The van der Waals surface area contributed by atoms with Gasteiger partial charge in [0.05, 0.1) is 0 Å². The molecule has 0 bridgehead atoms. The predicted molar refractivity (Wildman–Crippen MR) is 130 cm³/mol. The number of carbonyl (C=O) groups is 1. The second-order valence-corrected chi connectivity index (χ2v) is 9.44. The van der Waals surface area contributed by atoms with Crippen LogP contribution in [-0.4, -0.2) is 74.3 Å². The molecule has 2 saturated heterocycles. The van der Waals surface area contributed by atoms with E-state index in [2.05, 4.69) is 25.8 Å². The zero-order valence-corrected chi connectivity index (χ0v) is 20.8. The highest BCUT2D eigenvalue weighted by atomic mass is 127. The Labute approximate surface area is 198 Å². The van der Waals surface area contributed by atoms with Gasteiger partial charge in [-0.3, -0.25) is 14.7 Å². The van der Waals surface area contributed by atoms with Gasteiger partial charge in [0.15, 0.2) is 5.96 Å². The normalized spacial score (nSPS) is 29.7. The Hall–Kier alpha value is -0.610. The van der Waals surface area contributed by atoms with Gasteiger partial charge in [-0.05, 0) is 70.9 Å². The van der Waals surface area contributed by atoms with E-state index in [1.54, 1.807) is 0 Å². The second kappa shape index (κ2) is 11.3. The molecule has 2 heterocycles. The first-order valence-corrected chi connectivity index (χ1v) is 11.8. The lowest BCUT2D eigenvalue weighted by molar-refractivity contribution is -0.126. The molecule has 0 aromatic rings. The molecular formula is C22H40IN5O2. The van der Waals surface area contributed by atoms with Crippen molar-refractivity contribution in [3.05, 3.63) is 0 Å². The lowest BCUT2D eigenvalue weighted by atomic mass is 9.85. The maximum Gasteiger partial charge on any atom is 0.223 e. The van der Waals surface area contributed by atoms with E-state index in [1.165, 1.54) is 25.9 Å². The molecule has 4 rings (SSSR count). The van der Waals surface area contributed by atoms with Crippen LogP contribution in [0.25, 0.3) is 0 Å². The first-order valence-electron chi connectivity index (χ1n) is 11.8. The van der Waals surface area contributed by atoms with Crippen LogP contribution in [0, 0.1) is 5.92 Å². The van der Waals surface area contributed by atoms with Gasteiger partial charge in [-0.15, -0.1) is 24.0 Å². The van der Waals surface area contributed by atoms with Crippen molar-refractivity contribution in [1.29, 1.82) is 0 Å². The number of hydrogen-bond donors (Lipinski definition) is 3. The summed E-state index contributed by atoms with van der Waals surface area (Å²) in [6.07, 6.45) is 11.2. The molecule has 2 aliphatic carbocycles. The quantitative estimate of drug-likeness (QED) is 0.278. The maximum absolute atomic E-state index is 12.5. The summed E-state index contributed by atoms with van der Waals surface area (Å²) in [4.78, 5) is 19.6. The van der Waals surface area contributed by atoms with Gasteiger partial charge in [0, 0.05) is 50.3 Å². The number of halogens is 1. The number of amides is 1. The fraction of sp³-hybridized carbons (Fsp3) is 0.909. The van der Waals surface area contributed by atoms with E-state index < -0.39 is 0 Å². The standard InChI is InChI=1S/C22H39N5O2.HI/c1-23-21(24-16-22(9-13-29-14-10-22)27-11-2-3-12-27)26-19-6-4-5-17(15-19)20(28)25-18-7-8-18;/h17-19H,2-16H2,1H3,(H,25,28)(H2,23,24,26);1H. The molecule has 2 atom stereocenters. The number of hydrogen-bond acceptors (Lipinski definition) is 4. The molecule has 30 heavy (non-hydrogen) atoms. The third-order valence-electron chi connectivity index (χ3n) is 7.32.